The van der Waals surface area contributed by atoms with Crippen LogP contribution in [-0.4, -0.2) is 4.98 Å². The molecule has 0 aliphatic heterocycles. The number of anilines is 2. The van der Waals surface area contributed by atoms with E-state index in [2.05, 4.69) is 26.2 Å². The quantitative estimate of drug-likeness (QED) is 0.917. The van der Waals surface area contributed by atoms with E-state index >= 15 is 0 Å². The van der Waals surface area contributed by atoms with E-state index in [0.717, 1.165) is 13.9 Å². The second kappa shape index (κ2) is 4.09. The molecule has 2 heterocycles. The fourth-order valence-electron chi connectivity index (χ4n) is 0.870. The molecule has 2 aromatic rings. The Hall–Kier alpha value is -0.900. The molecule has 0 aliphatic carbocycles. The molecule has 0 aromatic carbocycles. The number of nitrogens with one attached hydrogen (secondary N) is 1. The van der Waals surface area contributed by atoms with E-state index in [9.17, 15) is 0 Å². The summed E-state index contributed by atoms with van der Waals surface area (Å²) in [4.78, 5) is 4.68. The zero-order valence-corrected chi connectivity index (χ0v) is 10.0. The molecular weight excluding hydrogens is 282 g/mol. The largest absolute Gasteiger partial charge is 0.323 e. The standard InChI is InChI=1S/C8H4BrN3S2/c9-6-1-2-7(14-6)12-8-11-4-5(3-10)13-8/h1-2,4H,(H,11,12). The van der Waals surface area contributed by atoms with Crippen LogP contribution >= 0.6 is 38.6 Å². The monoisotopic (exact) mass is 285 g/mol. The van der Waals surface area contributed by atoms with Gasteiger partial charge in [0.1, 0.15) is 10.9 Å². The van der Waals surface area contributed by atoms with Crippen LogP contribution in [0.3, 0.4) is 0 Å². The van der Waals surface area contributed by atoms with E-state index in [4.69, 9.17) is 5.26 Å². The van der Waals surface area contributed by atoms with Gasteiger partial charge >= 0.3 is 0 Å². The van der Waals surface area contributed by atoms with Crippen molar-refractivity contribution in [2.75, 3.05) is 5.32 Å². The molecule has 6 heteroatoms. The van der Waals surface area contributed by atoms with Crippen LogP contribution in [-0.2, 0) is 0 Å². The second-order valence-corrected chi connectivity index (χ2v) is 5.86. The third-order valence-electron chi connectivity index (χ3n) is 1.42. The van der Waals surface area contributed by atoms with Gasteiger partial charge in [0.2, 0.25) is 0 Å². The smallest absolute Gasteiger partial charge is 0.188 e. The third kappa shape index (κ3) is 2.12. The van der Waals surface area contributed by atoms with Crippen molar-refractivity contribution in [1.29, 1.82) is 5.26 Å². The number of halogens is 1. The van der Waals surface area contributed by atoms with Gasteiger partial charge in [0.15, 0.2) is 5.13 Å². The van der Waals surface area contributed by atoms with Crippen LogP contribution in [0.25, 0.3) is 0 Å². The van der Waals surface area contributed by atoms with Gasteiger partial charge in [-0.1, -0.05) is 11.3 Å². The van der Waals surface area contributed by atoms with E-state index in [1.165, 1.54) is 11.3 Å². The molecule has 0 amide bonds. The lowest BCUT2D eigenvalue weighted by Gasteiger charge is -1.94. The van der Waals surface area contributed by atoms with Gasteiger partial charge in [-0.05, 0) is 28.1 Å². The molecule has 2 aromatic heterocycles. The molecule has 0 atom stereocenters. The number of thiophene rings is 1. The van der Waals surface area contributed by atoms with Crippen molar-refractivity contribution in [3.63, 3.8) is 0 Å². The molecule has 14 heavy (non-hydrogen) atoms. The molecule has 0 spiro atoms. The Kier molecular flexibility index (Phi) is 2.82. The highest BCUT2D eigenvalue weighted by Gasteiger charge is 2.02. The Morgan fingerprint density at radius 1 is 1.43 bits per heavy atom. The summed E-state index contributed by atoms with van der Waals surface area (Å²) in [5, 5.41) is 13.5. The molecule has 0 saturated carbocycles. The maximum atomic E-state index is 8.61. The first-order valence-corrected chi connectivity index (χ1v) is 6.09. The van der Waals surface area contributed by atoms with Crippen LogP contribution in [0.15, 0.2) is 22.1 Å². The Morgan fingerprint density at radius 2 is 2.29 bits per heavy atom. The molecule has 0 fully saturated rings. The van der Waals surface area contributed by atoms with Gasteiger partial charge in [0, 0.05) is 0 Å². The number of thiazole rings is 1. The number of rotatable bonds is 2. The van der Waals surface area contributed by atoms with E-state index in [1.807, 2.05) is 18.2 Å². The molecule has 0 aliphatic rings. The first kappa shape index (κ1) is 9.65. The van der Waals surface area contributed by atoms with Crippen molar-refractivity contribution in [2.45, 2.75) is 0 Å². The first-order valence-electron chi connectivity index (χ1n) is 3.66. The van der Waals surface area contributed by atoms with Gasteiger partial charge in [-0.3, -0.25) is 0 Å². The summed E-state index contributed by atoms with van der Waals surface area (Å²) in [6.45, 7) is 0. The fraction of sp³-hybridized carbons (Fsp3) is 0. The van der Waals surface area contributed by atoms with E-state index in [0.29, 0.717) is 4.88 Å². The maximum absolute atomic E-state index is 8.61. The van der Waals surface area contributed by atoms with Crippen LogP contribution in [0, 0.1) is 11.3 Å². The van der Waals surface area contributed by atoms with Crippen LogP contribution in [0.2, 0.25) is 0 Å². The van der Waals surface area contributed by atoms with Crippen LogP contribution in [0.1, 0.15) is 4.88 Å². The summed E-state index contributed by atoms with van der Waals surface area (Å²) in [5.41, 5.74) is 0. The highest BCUT2D eigenvalue weighted by atomic mass is 79.9. The van der Waals surface area contributed by atoms with Gasteiger partial charge in [-0.25, -0.2) is 4.98 Å². The van der Waals surface area contributed by atoms with Crippen molar-refractivity contribution in [3.05, 3.63) is 27.0 Å². The summed E-state index contributed by atoms with van der Waals surface area (Å²) in [7, 11) is 0. The number of hydrogen-bond donors (Lipinski definition) is 1. The Morgan fingerprint density at radius 3 is 2.86 bits per heavy atom. The topological polar surface area (TPSA) is 48.7 Å². The van der Waals surface area contributed by atoms with Gasteiger partial charge in [0.25, 0.3) is 0 Å². The zero-order valence-electron chi connectivity index (χ0n) is 6.82. The van der Waals surface area contributed by atoms with E-state index < -0.39 is 0 Å². The molecule has 0 unspecified atom stereocenters. The molecule has 3 nitrogen and oxygen atoms in total. The summed E-state index contributed by atoms with van der Waals surface area (Å²) in [5.74, 6) is 0. The van der Waals surface area contributed by atoms with Crippen LogP contribution in [0.4, 0.5) is 10.1 Å². The average molecular weight is 286 g/mol. The number of nitrogens with zero attached hydrogens (tertiary/aromatic N) is 2. The van der Waals surface area contributed by atoms with Crippen LogP contribution < -0.4 is 5.32 Å². The molecule has 0 bridgehead atoms. The number of nitriles is 1. The zero-order chi connectivity index (χ0) is 9.97. The molecule has 0 saturated heterocycles. The molecule has 2 rings (SSSR count). The predicted octanol–water partition coefficient (Wildman–Crippen LogP) is 3.58. The van der Waals surface area contributed by atoms with Gasteiger partial charge in [-0.15, -0.1) is 11.3 Å². The highest BCUT2D eigenvalue weighted by molar-refractivity contribution is 9.11. The van der Waals surface area contributed by atoms with Crippen molar-refractivity contribution >= 4 is 48.7 Å². The third-order valence-corrected chi connectivity index (χ3v) is 3.78. The van der Waals surface area contributed by atoms with Crippen molar-refractivity contribution in [2.24, 2.45) is 0 Å². The Labute approximate surface area is 97.2 Å². The van der Waals surface area contributed by atoms with Gasteiger partial charge in [-0.2, -0.15) is 5.26 Å². The summed E-state index contributed by atoms with van der Waals surface area (Å²) >= 11 is 6.31. The van der Waals surface area contributed by atoms with E-state index in [1.54, 1.807) is 17.5 Å². The highest BCUT2D eigenvalue weighted by Crippen LogP contribution is 2.30. The Bertz CT molecular complexity index is 483. The lowest BCUT2D eigenvalue weighted by molar-refractivity contribution is 1.39. The van der Waals surface area contributed by atoms with Gasteiger partial charge in [0.05, 0.1) is 15.0 Å². The molecular formula is C8H4BrN3S2. The minimum Gasteiger partial charge on any atom is -0.323 e. The lowest BCUT2D eigenvalue weighted by atomic mass is 10.6. The molecule has 70 valence electrons. The predicted molar refractivity (Wildman–Crippen MR) is 62.1 cm³/mol. The number of aromatic nitrogens is 1. The van der Waals surface area contributed by atoms with Gasteiger partial charge < -0.3 is 5.32 Å². The summed E-state index contributed by atoms with van der Waals surface area (Å²) in [6, 6.07) is 5.97. The minimum atomic E-state index is 0.614. The molecule has 1 N–H and O–H groups in total. The summed E-state index contributed by atoms with van der Waals surface area (Å²) < 4.78 is 1.07. The fourth-order valence-corrected chi connectivity index (χ4v) is 2.85. The van der Waals surface area contributed by atoms with E-state index in [-0.39, 0.29) is 0 Å². The molecule has 0 radical (unpaired) electrons. The maximum Gasteiger partial charge on any atom is 0.188 e. The number of hydrogen-bond acceptors (Lipinski definition) is 5. The van der Waals surface area contributed by atoms with Crippen molar-refractivity contribution in [3.8, 4) is 6.07 Å². The van der Waals surface area contributed by atoms with Crippen molar-refractivity contribution in [1.82, 2.24) is 4.98 Å². The Balaban J connectivity index is 2.15. The SMILES string of the molecule is N#Cc1cnc(Nc2ccc(Br)s2)s1. The second-order valence-electron chi connectivity index (χ2n) is 2.37. The minimum absolute atomic E-state index is 0.614. The lowest BCUT2D eigenvalue weighted by Crippen LogP contribution is -1.83. The average Bonchev–Trinajstić information content (AvgIpc) is 2.76. The normalized spacial score (nSPS) is 9.71. The van der Waals surface area contributed by atoms with Crippen LogP contribution in [0.5, 0.6) is 0 Å². The first-order chi connectivity index (χ1) is 6.78. The summed E-state index contributed by atoms with van der Waals surface area (Å²) in [6.07, 6.45) is 1.57. The van der Waals surface area contributed by atoms with Crippen molar-refractivity contribution < 1.29 is 0 Å².